The number of hydrogen-bond donors (Lipinski definition) is 3. The lowest BCUT2D eigenvalue weighted by molar-refractivity contribution is 0.0255. The molecule has 5 heterocycles. The van der Waals surface area contributed by atoms with Crippen LogP contribution in [0.4, 0.5) is 21.5 Å². The average Bonchev–Trinajstić information content (AvgIpc) is 3.56. The predicted octanol–water partition coefficient (Wildman–Crippen LogP) is 4.88. The van der Waals surface area contributed by atoms with Gasteiger partial charge in [-0.1, -0.05) is 0 Å². The zero-order valence-corrected chi connectivity index (χ0v) is 26.2. The number of hydrogen-bond acceptors (Lipinski definition) is 10. The second-order valence-electron chi connectivity index (χ2n) is 11.7. The fourth-order valence-electron chi connectivity index (χ4n) is 6.37. The summed E-state index contributed by atoms with van der Waals surface area (Å²) < 4.78 is 66.2. The van der Waals surface area contributed by atoms with Gasteiger partial charge in [-0.15, -0.1) is 0 Å². The Kier molecular flexibility index (Phi) is 8.80. The molecule has 0 unspecified atom stereocenters. The van der Waals surface area contributed by atoms with Crippen molar-refractivity contribution in [3.8, 4) is 22.6 Å². The molecule has 2 aromatic carbocycles. The first-order valence-corrected chi connectivity index (χ1v) is 16.6. The smallest absolute Gasteiger partial charge is 0.335 e. The van der Waals surface area contributed by atoms with Crippen molar-refractivity contribution >= 4 is 44.8 Å². The van der Waals surface area contributed by atoms with Crippen LogP contribution in [-0.4, -0.2) is 74.6 Å². The normalized spacial score (nSPS) is 17.0. The Labute approximate surface area is 271 Å². The van der Waals surface area contributed by atoms with Gasteiger partial charge >= 0.3 is 5.97 Å². The number of benzene rings is 2. The van der Waals surface area contributed by atoms with Gasteiger partial charge < -0.3 is 29.4 Å². The average molecular weight is 665 g/mol. The highest BCUT2D eigenvalue weighted by Gasteiger charge is 2.29. The van der Waals surface area contributed by atoms with Gasteiger partial charge in [-0.05, 0) is 42.7 Å². The predicted molar refractivity (Wildman–Crippen MR) is 172 cm³/mol. The van der Waals surface area contributed by atoms with E-state index >= 15 is 4.39 Å². The number of fused-ring (bicyclic) bond motifs is 2. The molecule has 12 nitrogen and oxygen atoms in total. The number of halogens is 1. The number of ether oxygens (including phenoxy) is 4. The van der Waals surface area contributed by atoms with Gasteiger partial charge in [0.05, 0.1) is 53.9 Å². The van der Waals surface area contributed by atoms with Gasteiger partial charge in [0.2, 0.25) is 10.9 Å². The van der Waals surface area contributed by atoms with Crippen molar-refractivity contribution in [3.05, 3.63) is 65.9 Å². The number of carboxylic acid groups (broad SMARTS) is 1. The van der Waals surface area contributed by atoms with Crippen LogP contribution in [0.2, 0.25) is 0 Å². The van der Waals surface area contributed by atoms with Crippen molar-refractivity contribution in [2.45, 2.75) is 44.2 Å². The van der Waals surface area contributed by atoms with Gasteiger partial charge in [-0.2, -0.15) is 0 Å². The van der Waals surface area contributed by atoms with Crippen molar-refractivity contribution in [2.24, 2.45) is 0 Å². The maximum Gasteiger partial charge on any atom is 0.335 e. The Morgan fingerprint density at radius 2 is 1.74 bits per heavy atom. The van der Waals surface area contributed by atoms with Crippen LogP contribution >= 0.6 is 0 Å². The maximum atomic E-state index is 16.5. The fourth-order valence-corrected chi connectivity index (χ4v) is 7.20. The van der Waals surface area contributed by atoms with E-state index in [0.717, 1.165) is 5.56 Å². The van der Waals surface area contributed by atoms with E-state index in [1.165, 1.54) is 28.7 Å². The third kappa shape index (κ3) is 6.40. The molecule has 2 fully saturated rings. The molecule has 47 heavy (non-hydrogen) atoms. The summed E-state index contributed by atoms with van der Waals surface area (Å²) in [5.74, 6) is -0.890. The van der Waals surface area contributed by atoms with Crippen molar-refractivity contribution in [2.75, 3.05) is 42.7 Å². The quantitative estimate of drug-likeness (QED) is 0.210. The molecule has 2 saturated heterocycles. The Morgan fingerprint density at radius 3 is 2.49 bits per heavy atom. The van der Waals surface area contributed by atoms with Gasteiger partial charge in [-0.25, -0.2) is 17.6 Å². The summed E-state index contributed by atoms with van der Waals surface area (Å²) in [5, 5.41) is 13.1. The lowest BCUT2D eigenvalue weighted by atomic mass is 10.0. The highest BCUT2D eigenvalue weighted by atomic mass is 32.2. The van der Waals surface area contributed by atoms with Gasteiger partial charge in [-0.3, -0.25) is 14.3 Å². The lowest BCUT2D eigenvalue weighted by Crippen LogP contribution is -2.39. The Bertz CT molecular complexity index is 1900. The van der Waals surface area contributed by atoms with E-state index in [2.05, 4.69) is 15.3 Å². The molecule has 0 saturated carbocycles. The molecule has 0 aliphatic carbocycles. The highest BCUT2D eigenvalue weighted by molar-refractivity contribution is 7.74. The summed E-state index contributed by atoms with van der Waals surface area (Å²) >= 11 is 0. The number of anilines is 3. The first-order chi connectivity index (χ1) is 22.9. The molecule has 3 aliphatic heterocycles. The molecule has 0 radical (unpaired) electrons. The number of aromatic carboxylic acids is 1. The van der Waals surface area contributed by atoms with E-state index in [1.54, 1.807) is 24.5 Å². The summed E-state index contributed by atoms with van der Waals surface area (Å²) in [6, 6.07) is 7.06. The van der Waals surface area contributed by atoms with Gasteiger partial charge in [0, 0.05) is 73.8 Å². The topological polar surface area (TPSA) is 149 Å². The minimum Gasteiger partial charge on any atom is -0.492 e. The molecule has 0 atom stereocenters. The Morgan fingerprint density at radius 1 is 0.979 bits per heavy atom. The molecule has 0 amide bonds. The summed E-state index contributed by atoms with van der Waals surface area (Å²) in [7, 11) is -3.18. The van der Waals surface area contributed by atoms with E-state index in [0.29, 0.717) is 87.8 Å². The van der Waals surface area contributed by atoms with Gasteiger partial charge in [0.15, 0.2) is 0 Å². The molecular weight excluding hydrogens is 631 g/mol. The second kappa shape index (κ2) is 13.3. The molecule has 2 aromatic heterocycles. The van der Waals surface area contributed by atoms with Gasteiger partial charge in [0.1, 0.15) is 23.4 Å². The number of rotatable bonds is 9. The standard InChI is InChI=1S/C33H33FN4O8S/c34-27-13-20(26-17-35-16-19-1-10-45-32(19)26)14-28-30(27)31(29(18-36-28)38(47(41)42)23-2-6-43-7-3-23)37-22-11-21(33(39)40)12-25(15-22)46-24-4-8-44-9-5-24/h11-18,23-24,47H,1-10H2,(H,36,37)(H,39,40). The molecule has 4 aromatic rings. The van der Waals surface area contributed by atoms with Crippen molar-refractivity contribution in [1.82, 2.24) is 9.97 Å². The van der Waals surface area contributed by atoms with E-state index in [4.69, 9.17) is 18.9 Å². The van der Waals surface area contributed by atoms with Crippen LogP contribution in [0.1, 0.15) is 41.6 Å². The van der Waals surface area contributed by atoms with E-state index in [9.17, 15) is 18.3 Å². The van der Waals surface area contributed by atoms with Crippen LogP contribution in [0.5, 0.6) is 11.5 Å². The lowest BCUT2D eigenvalue weighted by Gasteiger charge is -2.32. The second-order valence-corrected chi connectivity index (χ2v) is 12.6. The highest BCUT2D eigenvalue weighted by Crippen LogP contribution is 2.43. The van der Waals surface area contributed by atoms with Crippen LogP contribution in [0.3, 0.4) is 0 Å². The molecular formula is C33H33FN4O8S. The zero-order valence-electron chi connectivity index (χ0n) is 25.3. The molecule has 2 N–H and O–H groups in total. The number of aromatic nitrogens is 2. The summed E-state index contributed by atoms with van der Waals surface area (Å²) in [6.45, 7) is 2.31. The minimum atomic E-state index is -3.18. The first-order valence-electron chi connectivity index (χ1n) is 15.5. The Balaban J connectivity index is 1.38. The molecule has 0 spiro atoms. The summed E-state index contributed by atoms with van der Waals surface area (Å²) in [5.41, 5.74) is 2.78. The number of nitrogens with zero attached hydrogens (tertiary/aromatic N) is 3. The third-order valence-electron chi connectivity index (χ3n) is 8.65. The zero-order chi connectivity index (χ0) is 32.5. The number of nitrogens with one attached hydrogen (secondary N) is 1. The number of thiol groups is 1. The molecule has 14 heteroatoms. The van der Waals surface area contributed by atoms with Crippen LogP contribution in [0.25, 0.3) is 22.0 Å². The number of pyridine rings is 2. The van der Waals surface area contributed by atoms with Crippen molar-refractivity contribution in [1.29, 1.82) is 0 Å². The number of carbonyl (C=O) groups is 1. The molecule has 0 bridgehead atoms. The van der Waals surface area contributed by atoms with Gasteiger partial charge in [0.25, 0.3) is 0 Å². The van der Waals surface area contributed by atoms with E-state index < -0.39 is 28.7 Å². The van der Waals surface area contributed by atoms with Crippen molar-refractivity contribution < 1.29 is 41.7 Å². The van der Waals surface area contributed by atoms with Crippen LogP contribution < -0.4 is 19.1 Å². The SMILES string of the molecule is O=C(O)c1cc(Nc2c(N(C3CCOCC3)[SH](=O)=O)cnc3cc(-c4cncc5c4OCC5)cc(F)c23)cc(OC2CCOCC2)c1. The fraction of sp³-hybridized carbons (Fsp3) is 0.364. The molecule has 246 valence electrons. The van der Waals surface area contributed by atoms with Crippen molar-refractivity contribution in [3.63, 3.8) is 0 Å². The largest absolute Gasteiger partial charge is 0.492 e. The number of carboxylic acids is 1. The summed E-state index contributed by atoms with van der Waals surface area (Å²) in [4.78, 5) is 21.0. The van der Waals surface area contributed by atoms with Crippen LogP contribution in [0.15, 0.2) is 48.9 Å². The molecule has 7 rings (SSSR count). The third-order valence-corrected chi connectivity index (χ3v) is 9.55. The molecule has 3 aliphatic rings. The van der Waals surface area contributed by atoms with E-state index in [-0.39, 0.29) is 39.6 Å². The monoisotopic (exact) mass is 664 g/mol. The first kappa shape index (κ1) is 31.1. The van der Waals surface area contributed by atoms with Crippen LogP contribution in [0, 0.1) is 5.82 Å². The maximum absolute atomic E-state index is 16.5. The van der Waals surface area contributed by atoms with E-state index in [1.807, 2.05) is 0 Å². The minimum absolute atomic E-state index is 0.0363. The Hall–Kier alpha value is -4.53. The summed E-state index contributed by atoms with van der Waals surface area (Å²) in [6.07, 6.45) is 7.45. The van der Waals surface area contributed by atoms with Crippen LogP contribution in [-0.2, 0) is 26.8 Å².